The fourth-order valence-electron chi connectivity index (χ4n) is 4.75. The number of hydrogen-bond donors (Lipinski definition) is 2. The molecule has 1 aliphatic heterocycles. The van der Waals surface area contributed by atoms with Gasteiger partial charge >= 0.3 is 0 Å². The number of pyridine rings is 2. The lowest BCUT2D eigenvalue weighted by atomic mass is 9.92. The van der Waals surface area contributed by atoms with Gasteiger partial charge < -0.3 is 19.8 Å². The summed E-state index contributed by atoms with van der Waals surface area (Å²) in [5, 5.41) is 5.71. The molecule has 0 radical (unpaired) electrons. The van der Waals surface area contributed by atoms with Gasteiger partial charge in [-0.1, -0.05) is 12.1 Å². The molecule has 3 aromatic heterocycles. The van der Waals surface area contributed by atoms with E-state index in [9.17, 15) is 0 Å². The van der Waals surface area contributed by atoms with Gasteiger partial charge in [-0.3, -0.25) is 9.88 Å². The minimum Gasteiger partial charge on any atom is -0.474 e. The van der Waals surface area contributed by atoms with Gasteiger partial charge in [-0.05, 0) is 23.8 Å². The highest BCUT2D eigenvalue weighted by Crippen LogP contribution is 2.31. The first kappa shape index (κ1) is 20.6. The Balaban J connectivity index is 1.02. The Morgan fingerprint density at radius 3 is 2.64 bits per heavy atom. The van der Waals surface area contributed by atoms with Gasteiger partial charge in [-0.25, -0.2) is 4.98 Å². The number of H-pyrrole nitrogens is 1. The number of hydrogen-bond acceptors (Lipinski definition) is 6. The van der Waals surface area contributed by atoms with Gasteiger partial charge in [0.15, 0.2) is 0 Å². The molecule has 7 nitrogen and oxygen atoms in total. The van der Waals surface area contributed by atoms with Crippen LogP contribution in [0, 0.1) is 0 Å². The van der Waals surface area contributed by atoms with E-state index in [1.54, 1.807) is 0 Å². The lowest BCUT2D eigenvalue weighted by Crippen LogP contribution is -2.46. The number of nitrogens with one attached hydrogen (secondary N) is 2. The summed E-state index contributed by atoms with van der Waals surface area (Å²) >= 11 is 0. The lowest BCUT2D eigenvalue weighted by Gasteiger charge is -2.35. The van der Waals surface area contributed by atoms with Crippen LogP contribution in [0.5, 0.6) is 5.88 Å². The zero-order valence-corrected chi connectivity index (χ0v) is 18.7. The van der Waals surface area contributed by atoms with Crippen molar-refractivity contribution in [2.75, 3.05) is 39.3 Å². The van der Waals surface area contributed by atoms with E-state index < -0.39 is 0 Å². The van der Waals surface area contributed by atoms with Crippen molar-refractivity contribution in [2.45, 2.75) is 25.0 Å². The van der Waals surface area contributed by atoms with Crippen LogP contribution in [-0.4, -0.2) is 71.4 Å². The maximum Gasteiger partial charge on any atom is 0.213 e. The molecule has 0 amide bonds. The molecule has 170 valence electrons. The summed E-state index contributed by atoms with van der Waals surface area (Å²) in [6, 6.07) is 12.5. The molecule has 2 aliphatic rings. The number of ether oxygens (including phenoxy) is 2. The van der Waals surface area contributed by atoms with Gasteiger partial charge in [0.25, 0.3) is 0 Å². The van der Waals surface area contributed by atoms with E-state index >= 15 is 0 Å². The van der Waals surface area contributed by atoms with E-state index in [-0.39, 0.29) is 6.10 Å². The van der Waals surface area contributed by atoms with Crippen LogP contribution in [0.25, 0.3) is 32.9 Å². The van der Waals surface area contributed by atoms with Crippen molar-refractivity contribution >= 4 is 21.8 Å². The predicted octanol–water partition coefficient (Wildman–Crippen LogP) is 3.61. The monoisotopic (exact) mass is 443 g/mol. The molecule has 0 unspecified atom stereocenters. The minimum absolute atomic E-state index is 0.198. The van der Waals surface area contributed by atoms with E-state index in [4.69, 9.17) is 9.47 Å². The Bertz CT molecular complexity index is 1230. The molecule has 0 spiro atoms. The molecule has 1 aromatic carbocycles. The Morgan fingerprint density at radius 2 is 1.79 bits per heavy atom. The van der Waals surface area contributed by atoms with Gasteiger partial charge in [-0.15, -0.1) is 0 Å². The molecule has 1 saturated heterocycles. The van der Waals surface area contributed by atoms with Crippen molar-refractivity contribution < 1.29 is 9.47 Å². The summed E-state index contributed by atoms with van der Waals surface area (Å²) in [6.45, 7) is 6.24. The maximum atomic E-state index is 6.05. The van der Waals surface area contributed by atoms with Crippen molar-refractivity contribution in [2.24, 2.45) is 0 Å². The van der Waals surface area contributed by atoms with E-state index in [2.05, 4.69) is 49.4 Å². The van der Waals surface area contributed by atoms with E-state index in [1.807, 2.05) is 30.7 Å². The first-order chi connectivity index (χ1) is 16.3. The van der Waals surface area contributed by atoms with E-state index in [1.165, 1.54) is 5.39 Å². The molecule has 0 bridgehead atoms. The van der Waals surface area contributed by atoms with Gasteiger partial charge in [0.05, 0.1) is 12.7 Å². The Hall–Kier alpha value is -3.00. The summed E-state index contributed by atoms with van der Waals surface area (Å²) in [5.41, 5.74) is 4.41. The quantitative estimate of drug-likeness (QED) is 0.455. The first-order valence-electron chi connectivity index (χ1n) is 11.8. The average Bonchev–Trinajstić information content (AvgIpc) is 3.21. The van der Waals surface area contributed by atoms with Crippen molar-refractivity contribution in [3.05, 3.63) is 55.0 Å². The van der Waals surface area contributed by atoms with Gasteiger partial charge in [0.1, 0.15) is 6.10 Å². The molecular formula is C26H29N5O2. The van der Waals surface area contributed by atoms with Gasteiger partial charge in [0, 0.05) is 97.6 Å². The number of rotatable bonds is 7. The van der Waals surface area contributed by atoms with Crippen molar-refractivity contribution in [3.8, 4) is 17.0 Å². The first-order valence-corrected chi connectivity index (χ1v) is 11.8. The third-order valence-electron chi connectivity index (χ3n) is 6.78. The summed E-state index contributed by atoms with van der Waals surface area (Å²) < 4.78 is 12.1. The summed E-state index contributed by atoms with van der Waals surface area (Å²) in [4.78, 5) is 14.7. The zero-order valence-electron chi connectivity index (χ0n) is 18.7. The Morgan fingerprint density at radius 1 is 0.909 bits per heavy atom. The largest absolute Gasteiger partial charge is 0.474 e. The molecule has 0 atom stereocenters. The average molecular weight is 444 g/mol. The highest BCUT2D eigenvalue weighted by atomic mass is 16.5. The minimum atomic E-state index is 0.198. The number of fused-ring (bicyclic) bond motifs is 3. The zero-order chi connectivity index (χ0) is 22.0. The molecule has 1 aliphatic carbocycles. The lowest BCUT2D eigenvalue weighted by molar-refractivity contribution is -0.0665. The number of aromatic nitrogens is 3. The number of aromatic amines is 1. The molecule has 2 N–H and O–H groups in total. The molecule has 6 rings (SSSR count). The van der Waals surface area contributed by atoms with Crippen LogP contribution in [0.1, 0.15) is 12.8 Å². The summed E-state index contributed by atoms with van der Waals surface area (Å²) in [7, 11) is 0. The fourth-order valence-corrected chi connectivity index (χ4v) is 4.75. The highest BCUT2D eigenvalue weighted by Gasteiger charge is 2.32. The third kappa shape index (κ3) is 4.44. The number of nitrogens with zero attached hydrogens (tertiary/aromatic N) is 3. The summed E-state index contributed by atoms with van der Waals surface area (Å²) in [6.07, 6.45) is 8.00. The van der Waals surface area contributed by atoms with E-state index in [0.29, 0.717) is 12.0 Å². The predicted molar refractivity (Wildman–Crippen MR) is 130 cm³/mol. The van der Waals surface area contributed by atoms with Crippen LogP contribution in [0.2, 0.25) is 0 Å². The van der Waals surface area contributed by atoms with Crippen LogP contribution < -0.4 is 10.1 Å². The smallest absolute Gasteiger partial charge is 0.213 e. The topological polar surface area (TPSA) is 75.3 Å². The Kier molecular flexibility index (Phi) is 5.68. The molecule has 33 heavy (non-hydrogen) atoms. The molecule has 4 heterocycles. The van der Waals surface area contributed by atoms with E-state index in [0.717, 1.165) is 79.7 Å². The van der Waals surface area contributed by atoms with Crippen LogP contribution in [0.3, 0.4) is 0 Å². The van der Waals surface area contributed by atoms with Crippen LogP contribution in [-0.2, 0) is 4.74 Å². The Labute approximate surface area is 193 Å². The van der Waals surface area contributed by atoms with Crippen molar-refractivity contribution in [1.82, 2.24) is 25.2 Å². The molecule has 7 heteroatoms. The molecular weight excluding hydrogens is 414 g/mol. The van der Waals surface area contributed by atoms with Crippen molar-refractivity contribution in [1.29, 1.82) is 0 Å². The summed E-state index contributed by atoms with van der Waals surface area (Å²) in [5.74, 6) is 0.681. The maximum absolute atomic E-state index is 6.05. The molecule has 2 fully saturated rings. The fraction of sp³-hybridized carbons (Fsp3) is 0.385. The van der Waals surface area contributed by atoms with Gasteiger partial charge in [-0.2, -0.15) is 0 Å². The van der Waals surface area contributed by atoms with Crippen LogP contribution in [0.4, 0.5) is 0 Å². The highest BCUT2D eigenvalue weighted by molar-refractivity contribution is 6.07. The number of piperazine rings is 1. The second-order valence-corrected chi connectivity index (χ2v) is 8.99. The molecule has 1 saturated carbocycles. The normalized spacial score (nSPS) is 21.3. The second kappa shape index (κ2) is 9.09. The van der Waals surface area contributed by atoms with Crippen LogP contribution >= 0.6 is 0 Å². The number of benzene rings is 1. The van der Waals surface area contributed by atoms with Crippen LogP contribution in [0.15, 0.2) is 55.0 Å². The standard InChI is InChI=1S/C26H29N5O2/c1-3-22-23-17-28-6-5-24(23)30-25(22)13-18(1)19-2-4-26(29-16-19)33-21-14-20(15-21)32-12-11-31-9-7-27-8-10-31/h1-6,13,16-17,20-21,27,30H,7-12,14-15H2. The third-order valence-corrected chi connectivity index (χ3v) is 6.78. The SMILES string of the molecule is c1cc2[nH]c3cc(-c4ccc(OC5CC(OCCN6CCNCC6)C5)nc4)ccc3c2cn1. The van der Waals surface area contributed by atoms with Gasteiger partial charge in [0.2, 0.25) is 5.88 Å². The van der Waals surface area contributed by atoms with Crippen molar-refractivity contribution in [3.63, 3.8) is 0 Å². The molecule has 4 aromatic rings. The second-order valence-electron chi connectivity index (χ2n) is 8.99.